The predicted octanol–water partition coefficient (Wildman–Crippen LogP) is 4.13. The molecule has 0 radical (unpaired) electrons. The van der Waals surface area contributed by atoms with E-state index in [4.69, 9.17) is 17.4 Å². The third-order valence-electron chi connectivity index (χ3n) is 2.99. The normalized spacial score (nSPS) is 12.4. The minimum atomic E-state index is -0.508. The lowest BCUT2D eigenvalue weighted by molar-refractivity contribution is 0.507. The van der Waals surface area contributed by atoms with E-state index < -0.39 is 17.7 Å². The Hall–Kier alpha value is -1.01. The highest BCUT2D eigenvalue weighted by molar-refractivity contribution is 9.10. The van der Waals surface area contributed by atoms with Crippen LogP contribution in [0, 0.1) is 11.6 Å². The number of halogens is 4. The van der Waals surface area contributed by atoms with Gasteiger partial charge >= 0.3 is 0 Å². The van der Waals surface area contributed by atoms with Gasteiger partial charge < -0.3 is 0 Å². The van der Waals surface area contributed by atoms with Crippen molar-refractivity contribution in [1.29, 1.82) is 0 Å². The van der Waals surface area contributed by atoms with Gasteiger partial charge in [-0.05, 0) is 52.2 Å². The first-order valence-corrected chi connectivity index (χ1v) is 7.04. The van der Waals surface area contributed by atoms with E-state index in [1.165, 1.54) is 18.2 Å². The van der Waals surface area contributed by atoms with Gasteiger partial charge in [0.25, 0.3) is 0 Å². The SMILES string of the molecule is NNC(Cc1cc(F)ccc1Cl)c1cccc(Br)c1F. The highest BCUT2D eigenvalue weighted by atomic mass is 79.9. The van der Waals surface area contributed by atoms with Crippen LogP contribution in [0.15, 0.2) is 40.9 Å². The first-order chi connectivity index (χ1) is 9.52. The molecule has 6 heteroatoms. The molecule has 2 nitrogen and oxygen atoms in total. The number of hydrogen-bond acceptors (Lipinski definition) is 2. The first-order valence-electron chi connectivity index (χ1n) is 5.87. The zero-order valence-corrected chi connectivity index (χ0v) is 12.7. The van der Waals surface area contributed by atoms with Crippen molar-refractivity contribution >= 4 is 27.5 Å². The molecule has 0 aromatic heterocycles. The second kappa shape index (κ2) is 6.63. The third-order valence-corrected chi connectivity index (χ3v) is 3.97. The topological polar surface area (TPSA) is 38.0 Å². The van der Waals surface area contributed by atoms with Crippen LogP contribution >= 0.6 is 27.5 Å². The molecule has 1 atom stereocenters. The van der Waals surface area contributed by atoms with Crippen molar-refractivity contribution in [2.45, 2.75) is 12.5 Å². The maximum absolute atomic E-state index is 14.1. The fourth-order valence-electron chi connectivity index (χ4n) is 1.97. The second-order valence-electron chi connectivity index (χ2n) is 4.30. The van der Waals surface area contributed by atoms with Crippen LogP contribution in [-0.4, -0.2) is 0 Å². The molecule has 3 N–H and O–H groups in total. The lowest BCUT2D eigenvalue weighted by Gasteiger charge is -2.18. The molecule has 0 aliphatic heterocycles. The lowest BCUT2D eigenvalue weighted by atomic mass is 9.99. The van der Waals surface area contributed by atoms with Gasteiger partial charge in [-0.3, -0.25) is 11.3 Å². The van der Waals surface area contributed by atoms with E-state index in [1.54, 1.807) is 18.2 Å². The van der Waals surface area contributed by atoms with Crippen LogP contribution in [0.2, 0.25) is 5.02 Å². The fraction of sp³-hybridized carbons (Fsp3) is 0.143. The largest absolute Gasteiger partial charge is 0.271 e. The Bertz CT molecular complexity index is 622. The van der Waals surface area contributed by atoms with Crippen LogP contribution in [0.25, 0.3) is 0 Å². The van der Waals surface area contributed by atoms with Crippen molar-refractivity contribution in [1.82, 2.24) is 5.43 Å². The van der Waals surface area contributed by atoms with Crippen molar-refractivity contribution in [3.05, 3.63) is 68.7 Å². The quantitative estimate of drug-likeness (QED) is 0.635. The Balaban J connectivity index is 2.34. The summed E-state index contributed by atoms with van der Waals surface area (Å²) in [6.45, 7) is 0. The van der Waals surface area contributed by atoms with Crippen molar-refractivity contribution in [2.24, 2.45) is 5.84 Å². The van der Waals surface area contributed by atoms with Gasteiger partial charge in [0.2, 0.25) is 0 Å². The van der Waals surface area contributed by atoms with Crippen molar-refractivity contribution < 1.29 is 8.78 Å². The number of nitrogens with one attached hydrogen (secondary N) is 1. The van der Waals surface area contributed by atoms with E-state index in [0.29, 0.717) is 20.6 Å². The average molecular weight is 362 g/mol. The molecule has 20 heavy (non-hydrogen) atoms. The Kier molecular flexibility index (Phi) is 5.10. The van der Waals surface area contributed by atoms with Gasteiger partial charge in [0.1, 0.15) is 11.6 Å². The molecule has 1 unspecified atom stereocenters. The summed E-state index contributed by atoms with van der Waals surface area (Å²) in [7, 11) is 0. The van der Waals surface area contributed by atoms with E-state index in [2.05, 4.69) is 21.4 Å². The smallest absolute Gasteiger partial charge is 0.142 e. The van der Waals surface area contributed by atoms with Crippen LogP contribution in [0.1, 0.15) is 17.2 Å². The summed E-state index contributed by atoms with van der Waals surface area (Å²) in [5.41, 5.74) is 3.49. The highest BCUT2D eigenvalue weighted by Gasteiger charge is 2.18. The van der Waals surface area contributed by atoms with Crippen LogP contribution in [0.4, 0.5) is 8.78 Å². The van der Waals surface area contributed by atoms with E-state index in [9.17, 15) is 8.78 Å². The summed E-state index contributed by atoms with van der Waals surface area (Å²) in [6.07, 6.45) is 0.278. The number of benzene rings is 2. The molecule has 0 fully saturated rings. The molecule has 2 rings (SSSR count). The molecule has 0 aliphatic carbocycles. The van der Waals surface area contributed by atoms with Gasteiger partial charge in [-0.25, -0.2) is 8.78 Å². The first kappa shape index (κ1) is 15.4. The van der Waals surface area contributed by atoms with Crippen molar-refractivity contribution in [2.75, 3.05) is 0 Å². The van der Waals surface area contributed by atoms with Gasteiger partial charge in [-0.1, -0.05) is 23.7 Å². The molecule has 0 saturated carbocycles. The molecule has 2 aromatic rings. The van der Waals surface area contributed by atoms with E-state index in [-0.39, 0.29) is 6.42 Å². The molecule has 0 heterocycles. The van der Waals surface area contributed by atoms with Crippen LogP contribution in [0.5, 0.6) is 0 Å². The molecule has 0 aliphatic rings. The minimum absolute atomic E-state index is 0.278. The highest BCUT2D eigenvalue weighted by Crippen LogP contribution is 2.28. The monoisotopic (exact) mass is 360 g/mol. The summed E-state index contributed by atoms with van der Waals surface area (Å²) >= 11 is 9.14. The fourth-order valence-corrected chi connectivity index (χ4v) is 2.54. The standard InChI is InChI=1S/C14H12BrClF2N2/c15-11-3-1-2-10(14(11)18)13(20-19)7-8-6-9(17)4-5-12(8)16/h1-6,13,20H,7,19H2. The van der Waals surface area contributed by atoms with E-state index in [1.807, 2.05) is 0 Å². The molecule has 0 saturated heterocycles. The summed E-state index contributed by atoms with van der Waals surface area (Å²) in [5.74, 6) is 4.70. The third kappa shape index (κ3) is 3.35. The van der Waals surface area contributed by atoms with Crippen LogP contribution < -0.4 is 11.3 Å². The van der Waals surface area contributed by atoms with Crippen molar-refractivity contribution in [3.8, 4) is 0 Å². The van der Waals surface area contributed by atoms with E-state index >= 15 is 0 Å². The Morgan fingerprint density at radius 1 is 1.25 bits per heavy atom. The molecule has 106 valence electrons. The molecular weight excluding hydrogens is 350 g/mol. The van der Waals surface area contributed by atoms with Gasteiger partial charge in [0.05, 0.1) is 10.5 Å². The number of rotatable bonds is 4. The molecule has 0 bridgehead atoms. The summed E-state index contributed by atoms with van der Waals surface area (Å²) < 4.78 is 27.7. The van der Waals surface area contributed by atoms with Crippen molar-refractivity contribution in [3.63, 3.8) is 0 Å². The molecular formula is C14H12BrClF2N2. The van der Waals surface area contributed by atoms with Gasteiger partial charge in [-0.15, -0.1) is 0 Å². The molecule has 0 spiro atoms. The summed E-state index contributed by atoms with van der Waals surface area (Å²) in [5, 5.41) is 0.419. The number of hydrogen-bond donors (Lipinski definition) is 2. The van der Waals surface area contributed by atoms with Crippen LogP contribution in [0.3, 0.4) is 0 Å². The molecule has 2 aromatic carbocycles. The zero-order valence-electron chi connectivity index (χ0n) is 10.3. The van der Waals surface area contributed by atoms with Crippen LogP contribution in [-0.2, 0) is 6.42 Å². The predicted molar refractivity (Wildman–Crippen MR) is 79.3 cm³/mol. The van der Waals surface area contributed by atoms with Gasteiger partial charge in [-0.2, -0.15) is 0 Å². The number of nitrogens with two attached hydrogens (primary N) is 1. The summed E-state index contributed by atoms with van der Waals surface area (Å²) in [4.78, 5) is 0. The average Bonchev–Trinajstić information content (AvgIpc) is 2.43. The lowest BCUT2D eigenvalue weighted by Crippen LogP contribution is -2.30. The Morgan fingerprint density at radius 2 is 2.00 bits per heavy atom. The Labute approximate surface area is 129 Å². The number of hydrazine groups is 1. The Morgan fingerprint density at radius 3 is 2.70 bits per heavy atom. The maximum Gasteiger partial charge on any atom is 0.142 e. The molecule has 0 amide bonds. The van der Waals surface area contributed by atoms with Gasteiger partial charge in [0, 0.05) is 10.6 Å². The zero-order chi connectivity index (χ0) is 14.7. The minimum Gasteiger partial charge on any atom is -0.271 e. The second-order valence-corrected chi connectivity index (χ2v) is 5.56. The van der Waals surface area contributed by atoms with E-state index in [0.717, 1.165) is 0 Å². The van der Waals surface area contributed by atoms with Gasteiger partial charge in [0.15, 0.2) is 0 Å². The summed E-state index contributed by atoms with van der Waals surface area (Å²) in [6, 6.07) is 8.49. The maximum atomic E-state index is 14.1.